The molecule has 0 aliphatic rings. The average molecular weight is 276 g/mol. The maximum Gasteiger partial charge on any atom is 0.189 e. The number of ketones is 2. The fourth-order valence-electron chi connectivity index (χ4n) is 1.89. The van der Waals surface area contributed by atoms with Crippen molar-refractivity contribution in [3.8, 4) is 0 Å². The lowest BCUT2D eigenvalue weighted by molar-refractivity contribution is -0.118. The van der Waals surface area contributed by atoms with Gasteiger partial charge in [0.25, 0.3) is 0 Å². The van der Waals surface area contributed by atoms with Crippen LogP contribution in [0.2, 0.25) is 0 Å². The highest BCUT2D eigenvalue weighted by atomic mass is 16.1. The summed E-state index contributed by atoms with van der Waals surface area (Å²) in [6, 6.07) is 18.9. The number of hydrogen-bond acceptors (Lipinski definition) is 2. The van der Waals surface area contributed by atoms with Crippen LogP contribution in [0, 0.1) is 0 Å². The normalized spacial score (nSPS) is 11.6. The zero-order valence-electron chi connectivity index (χ0n) is 11.8. The van der Waals surface area contributed by atoms with E-state index in [-0.39, 0.29) is 17.1 Å². The first-order chi connectivity index (χ1) is 10.2. The Bertz CT molecular complexity index is 680. The molecule has 0 aliphatic carbocycles. The quantitative estimate of drug-likeness (QED) is 0.471. The van der Waals surface area contributed by atoms with Crippen LogP contribution < -0.4 is 0 Å². The molecular formula is C19H16O2. The highest BCUT2D eigenvalue weighted by Crippen LogP contribution is 2.10. The van der Waals surface area contributed by atoms with Crippen LogP contribution in [0.4, 0.5) is 0 Å². The number of allylic oxidation sites excluding steroid dienone is 2. The standard InChI is InChI=1S/C19H16O2/c1-15(20)18(14-17-10-6-3-7-11-17)19(21)13-12-16-8-4-2-5-9-16/h2-14H,1H3/b13-12+,18-14?. The lowest BCUT2D eigenvalue weighted by Crippen LogP contribution is -2.07. The van der Waals surface area contributed by atoms with Crippen LogP contribution in [0.3, 0.4) is 0 Å². The Hall–Kier alpha value is -2.74. The molecule has 2 aromatic carbocycles. The summed E-state index contributed by atoms with van der Waals surface area (Å²) in [7, 11) is 0. The van der Waals surface area contributed by atoms with Crippen LogP contribution in [0.15, 0.2) is 72.3 Å². The molecule has 0 unspecified atom stereocenters. The Balaban J connectivity index is 2.23. The topological polar surface area (TPSA) is 34.1 Å². The minimum absolute atomic E-state index is 0.188. The molecule has 0 N–H and O–H groups in total. The van der Waals surface area contributed by atoms with Gasteiger partial charge < -0.3 is 0 Å². The van der Waals surface area contributed by atoms with Crippen molar-refractivity contribution < 1.29 is 9.59 Å². The summed E-state index contributed by atoms with van der Waals surface area (Å²) in [6.07, 6.45) is 4.77. The van der Waals surface area contributed by atoms with E-state index in [1.54, 1.807) is 12.2 Å². The molecule has 104 valence electrons. The molecule has 2 heteroatoms. The molecule has 0 bridgehead atoms. The van der Waals surface area contributed by atoms with Gasteiger partial charge in [-0.05, 0) is 30.2 Å². The molecule has 0 atom stereocenters. The van der Waals surface area contributed by atoms with Crippen LogP contribution >= 0.6 is 0 Å². The van der Waals surface area contributed by atoms with Crippen molar-refractivity contribution >= 4 is 23.7 Å². The number of carbonyl (C=O) groups is 2. The van der Waals surface area contributed by atoms with Crippen LogP contribution in [0.5, 0.6) is 0 Å². The molecule has 0 aromatic heterocycles. The molecule has 21 heavy (non-hydrogen) atoms. The third-order valence-electron chi connectivity index (χ3n) is 2.98. The van der Waals surface area contributed by atoms with Gasteiger partial charge in [0.2, 0.25) is 0 Å². The summed E-state index contributed by atoms with van der Waals surface area (Å²) in [6.45, 7) is 1.41. The zero-order chi connectivity index (χ0) is 15.1. The number of benzene rings is 2. The fourth-order valence-corrected chi connectivity index (χ4v) is 1.89. The van der Waals surface area contributed by atoms with Gasteiger partial charge in [-0.15, -0.1) is 0 Å². The molecule has 2 nitrogen and oxygen atoms in total. The minimum Gasteiger partial charge on any atom is -0.294 e. The van der Waals surface area contributed by atoms with Gasteiger partial charge in [-0.1, -0.05) is 66.7 Å². The van der Waals surface area contributed by atoms with Crippen LogP contribution in [0.25, 0.3) is 12.2 Å². The number of Topliss-reactive ketones (excluding diaryl/α,β-unsaturated/α-hetero) is 1. The average Bonchev–Trinajstić information content (AvgIpc) is 2.52. The van der Waals surface area contributed by atoms with Gasteiger partial charge >= 0.3 is 0 Å². The van der Waals surface area contributed by atoms with E-state index in [9.17, 15) is 9.59 Å². The summed E-state index contributed by atoms with van der Waals surface area (Å²) in [5.74, 6) is -0.517. The van der Waals surface area contributed by atoms with Crippen molar-refractivity contribution in [3.05, 3.63) is 83.4 Å². The van der Waals surface area contributed by atoms with Crippen molar-refractivity contribution in [3.63, 3.8) is 0 Å². The van der Waals surface area contributed by atoms with E-state index >= 15 is 0 Å². The molecule has 0 heterocycles. The summed E-state index contributed by atoms with van der Waals surface area (Å²) < 4.78 is 0. The van der Waals surface area contributed by atoms with Crippen molar-refractivity contribution in [1.82, 2.24) is 0 Å². The first-order valence-corrected chi connectivity index (χ1v) is 6.72. The molecule has 0 fully saturated rings. The maximum absolute atomic E-state index is 12.2. The lowest BCUT2D eigenvalue weighted by Gasteiger charge is -2.00. The Labute approximate surface area is 124 Å². The first-order valence-electron chi connectivity index (χ1n) is 6.72. The highest BCUT2D eigenvalue weighted by molar-refractivity contribution is 6.27. The Morgan fingerprint density at radius 2 is 1.33 bits per heavy atom. The molecule has 2 rings (SSSR count). The van der Waals surface area contributed by atoms with E-state index < -0.39 is 0 Å². The van der Waals surface area contributed by atoms with Gasteiger partial charge in [0.05, 0.1) is 5.57 Å². The van der Waals surface area contributed by atoms with Crippen molar-refractivity contribution in [2.24, 2.45) is 0 Å². The van der Waals surface area contributed by atoms with E-state index in [2.05, 4.69) is 0 Å². The zero-order valence-corrected chi connectivity index (χ0v) is 11.8. The Morgan fingerprint density at radius 3 is 1.86 bits per heavy atom. The SMILES string of the molecule is CC(=O)C(=Cc1ccccc1)C(=O)/C=C/c1ccccc1. The molecule has 0 saturated carbocycles. The summed E-state index contributed by atoms with van der Waals surface area (Å²) in [5, 5.41) is 0. The lowest BCUT2D eigenvalue weighted by atomic mass is 10.0. The monoisotopic (exact) mass is 276 g/mol. The third-order valence-corrected chi connectivity index (χ3v) is 2.98. The van der Waals surface area contributed by atoms with E-state index in [4.69, 9.17) is 0 Å². The molecule has 0 saturated heterocycles. The van der Waals surface area contributed by atoms with Crippen molar-refractivity contribution in [2.75, 3.05) is 0 Å². The molecule has 2 aromatic rings. The molecule has 0 amide bonds. The van der Waals surface area contributed by atoms with Crippen LogP contribution in [-0.2, 0) is 9.59 Å². The number of carbonyl (C=O) groups excluding carboxylic acids is 2. The van der Waals surface area contributed by atoms with Crippen molar-refractivity contribution in [2.45, 2.75) is 6.92 Å². The van der Waals surface area contributed by atoms with E-state index in [0.717, 1.165) is 11.1 Å². The molecule has 0 aliphatic heterocycles. The number of rotatable bonds is 5. The summed E-state index contributed by atoms with van der Waals surface area (Å²) in [4.78, 5) is 23.9. The van der Waals surface area contributed by atoms with E-state index in [0.29, 0.717) is 0 Å². The minimum atomic E-state index is -0.282. The molecular weight excluding hydrogens is 260 g/mol. The van der Waals surface area contributed by atoms with Gasteiger partial charge in [-0.3, -0.25) is 9.59 Å². The van der Waals surface area contributed by atoms with Crippen LogP contribution in [0.1, 0.15) is 18.1 Å². The van der Waals surface area contributed by atoms with Crippen LogP contribution in [-0.4, -0.2) is 11.6 Å². The predicted octanol–water partition coefficient (Wildman–Crippen LogP) is 3.94. The second-order valence-electron chi connectivity index (χ2n) is 4.63. The summed E-state index contributed by atoms with van der Waals surface area (Å²) in [5.41, 5.74) is 1.95. The summed E-state index contributed by atoms with van der Waals surface area (Å²) >= 11 is 0. The maximum atomic E-state index is 12.2. The van der Waals surface area contributed by atoms with E-state index in [1.165, 1.54) is 13.0 Å². The second kappa shape index (κ2) is 7.15. The predicted molar refractivity (Wildman–Crippen MR) is 85.6 cm³/mol. The second-order valence-corrected chi connectivity index (χ2v) is 4.63. The van der Waals surface area contributed by atoms with Crippen molar-refractivity contribution in [1.29, 1.82) is 0 Å². The molecule has 0 spiro atoms. The number of hydrogen-bond donors (Lipinski definition) is 0. The Morgan fingerprint density at radius 1 is 0.810 bits per heavy atom. The Kier molecular flexibility index (Phi) is 4.99. The van der Waals surface area contributed by atoms with Gasteiger partial charge in [0, 0.05) is 0 Å². The largest absolute Gasteiger partial charge is 0.294 e. The van der Waals surface area contributed by atoms with E-state index in [1.807, 2.05) is 60.7 Å². The first kappa shape index (κ1) is 14.7. The van der Waals surface area contributed by atoms with Gasteiger partial charge in [-0.25, -0.2) is 0 Å². The fraction of sp³-hybridized carbons (Fsp3) is 0.0526. The molecule has 0 radical (unpaired) electrons. The van der Waals surface area contributed by atoms with Gasteiger partial charge in [-0.2, -0.15) is 0 Å². The highest BCUT2D eigenvalue weighted by Gasteiger charge is 2.11. The smallest absolute Gasteiger partial charge is 0.189 e. The van der Waals surface area contributed by atoms with Gasteiger partial charge in [0.15, 0.2) is 11.6 Å². The van der Waals surface area contributed by atoms with Gasteiger partial charge in [0.1, 0.15) is 0 Å². The third kappa shape index (κ3) is 4.39.